The van der Waals surface area contributed by atoms with Crippen LogP contribution in [0.15, 0.2) is 12.2 Å². The van der Waals surface area contributed by atoms with Gasteiger partial charge in [0.1, 0.15) is 12.6 Å². The predicted molar refractivity (Wildman–Crippen MR) is 70.7 cm³/mol. The topological polar surface area (TPSA) is 60.4 Å². The first-order valence-corrected chi connectivity index (χ1v) is 6.66. The zero-order valence-corrected chi connectivity index (χ0v) is 12.1. The van der Waals surface area contributed by atoms with Gasteiger partial charge in [-0.15, -0.1) is 0 Å². The van der Waals surface area contributed by atoms with Gasteiger partial charge in [-0.1, -0.05) is 38.8 Å². The molecule has 106 valence electrons. The quantitative estimate of drug-likeness (QED) is 0.373. The van der Waals surface area contributed by atoms with Gasteiger partial charge in [0.2, 0.25) is 0 Å². The maximum atomic E-state index is 10.7. The van der Waals surface area contributed by atoms with Crippen molar-refractivity contribution in [2.24, 2.45) is 5.92 Å². The first-order chi connectivity index (χ1) is 8.28. The van der Waals surface area contributed by atoms with Crippen molar-refractivity contribution in [2.75, 3.05) is 27.2 Å². The lowest BCUT2D eigenvalue weighted by Gasteiger charge is -2.33. The fourth-order valence-corrected chi connectivity index (χ4v) is 2.03. The van der Waals surface area contributed by atoms with Crippen LogP contribution in [0.4, 0.5) is 0 Å². The molecule has 4 nitrogen and oxygen atoms in total. The van der Waals surface area contributed by atoms with E-state index in [9.17, 15) is 15.0 Å². The molecule has 0 aromatic carbocycles. The Kier molecular flexibility index (Phi) is 7.87. The van der Waals surface area contributed by atoms with Gasteiger partial charge in [-0.3, -0.25) is 0 Å². The molecule has 0 aromatic rings. The number of nitrogens with zero attached hydrogens (tertiary/aromatic N) is 1. The SMILES string of the molecule is CCCC/C=C/C(O)C[N+](C)(C)CC(C)C(=O)[O-]. The normalized spacial score (nSPS) is 15.8. The fraction of sp³-hybridized carbons (Fsp3) is 0.786. The van der Waals surface area contributed by atoms with Crippen molar-refractivity contribution in [3.05, 3.63) is 12.2 Å². The van der Waals surface area contributed by atoms with E-state index in [-0.39, 0.29) is 0 Å². The average molecular weight is 257 g/mol. The lowest BCUT2D eigenvalue weighted by Crippen LogP contribution is -2.50. The smallest absolute Gasteiger partial charge is 0.121 e. The Labute approximate surface area is 111 Å². The average Bonchev–Trinajstić information content (AvgIpc) is 2.22. The highest BCUT2D eigenvalue weighted by Gasteiger charge is 2.22. The van der Waals surface area contributed by atoms with Gasteiger partial charge in [0.15, 0.2) is 0 Å². The number of carbonyl (C=O) groups is 1. The molecule has 1 N–H and O–H groups in total. The van der Waals surface area contributed by atoms with E-state index in [1.54, 1.807) is 13.0 Å². The third-order valence-electron chi connectivity index (χ3n) is 2.93. The van der Waals surface area contributed by atoms with Crippen LogP contribution in [-0.4, -0.2) is 48.8 Å². The van der Waals surface area contributed by atoms with Gasteiger partial charge in [-0.25, -0.2) is 0 Å². The highest BCUT2D eigenvalue weighted by Crippen LogP contribution is 2.07. The number of rotatable bonds is 9. The lowest BCUT2D eigenvalue weighted by atomic mass is 10.1. The molecule has 2 atom stereocenters. The molecule has 0 heterocycles. The van der Waals surface area contributed by atoms with Crippen LogP contribution in [0.25, 0.3) is 0 Å². The zero-order valence-electron chi connectivity index (χ0n) is 12.1. The second kappa shape index (κ2) is 8.27. The van der Waals surface area contributed by atoms with Crippen molar-refractivity contribution in [1.82, 2.24) is 0 Å². The lowest BCUT2D eigenvalue weighted by molar-refractivity contribution is -0.895. The Balaban J connectivity index is 4.14. The van der Waals surface area contributed by atoms with Crippen LogP contribution in [0.1, 0.15) is 33.1 Å². The molecule has 0 rings (SSSR count). The number of aliphatic hydroxyl groups is 1. The summed E-state index contributed by atoms with van der Waals surface area (Å²) >= 11 is 0. The number of carboxylic acids is 1. The largest absolute Gasteiger partial charge is 0.550 e. The van der Waals surface area contributed by atoms with Crippen LogP contribution in [-0.2, 0) is 4.79 Å². The Morgan fingerprint density at radius 3 is 2.50 bits per heavy atom. The Morgan fingerprint density at radius 2 is 2.00 bits per heavy atom. The molecule has 0 aliphatic carbocycles. The first kappa shape index (κ1) is 17.1. The number of carboxylic acid groups (broad SMARTS) is 1. The van der Waals surface area contributed by atoms with Crippen molar-refractivity contribution in [3.8, 4) is 0 Å². The summed E-state index contributed by atoms with van der Waals surface area (Å²) in [5.41, 5.74) is 0. The minimum Gasteiger partial charge on any atom is -0.550 e. The van der Waals surface area contributed by atoms with Crippen LogP contribution in [0.3, 0.4) is 0 Å². The van der Waals surface area contributed by atoms with Gasteiger partial charge in [0.05, 0.1) is 20.6 Å². The molecule has 0 aliphatic heterocycles. The summed E-state index contributed by atoms with van der Waals surface area (Å²) in [5, 5.41) is 20.6. The molecule has 0 aliphatic rings. The molecule has 0 amide bonds. The molecule has 0 aromatic heterocycles. The number of aliphatic hydroxyl groups excluding tert-OH is 1. The maximum absolute atomic E-state index is 10.7. The number of allylic oxidation sites excluding steroid dienone is 1. The van der Waals surface area contributed by atoms with Crippen LogP contribution < -0.4 is 5.11 Å². The summed E-state index contributed by atoms with van der Waals surface area (Å²) < 4.78 is 0.467. The molecular formula is C14H27NO3. The van der Waals surface area contributed by atoms with E-state index in [1.807, 2.05) is 20.2 Å². The minimum atomic E-state index is -1.03. The molecule has 0 spiro atoms. The number of quaternary nitrogens is 1. The van der Waals surface area contributed by atoms with Gasteiger partial charge in [0, 0.05) is 11.9 Å². The van der Waals surface area contributed by atoms with Crippen molar-refractivity contribution in [2.45, 2.75) is 39.2 Å². The first-order valence-electron chi connectivity index (χ1n) is 6.66. The molecule has 0 saturated heterocycles. The summed E-state index contributed by atoms with van der Waals surface area (Å²) in [4.78, 5) is 10.7. The maximum Gasteiger partial charge on any atom is 0.121 e. The number of hydrogen-bond donors (Lipinski definition) is 1. The van der Waals surface area contributed by atoms with Gasteiger partial charge in [0.25, 0.3) is 0 Å². The molecule has 2 unspecified atom stereocenters. The molecule has 0 radical (unpaired) electrons. The second-order valence-corrected chi connectivity index (χ2v) is 5.66. The molecular weight excluding hydrogens is 230 g/mol. The number of aliphatic carboxylic acids is 1. The third-order valence-corrected chi connectivity index (χ3v) is 2.93. The van der Waals surface area contributed by atoms with Crippen LogP contribution >= 0.6 is 0 Å². The monoisotopic (exact) mass is 257 g/mol. The summed E-state index contributed by atoms with van der Waals surface area (Å²) in [6.07, 6.45) is 6.53. The molecule has 0 bridgehead atoms. The van der Waals surface area contributed by atoms with Crippen molar-refractivity contribution in [1.29, 1.82) is 0 Å². The summed E-state index contributed by atoms with van der Waals surface area (Å²) in [6, 6.07) is 0. The minimum absolute atomic E-state index is 0.461. The standard InChI is InChI=1S/C14H27NO3/c1-5-6-7-8-9-13(16)11-15(3,4)10-12(2)14(17)18/h8-9,12-13,16H,5-7,10-11H2,1-4H3/b9-8+. The van der Waals surface area contributed by atoms with E-state index >= 15 is 0 Å². The van der Waals surface area contributed by atoms with Crippen LogP contribution in [0, 0.1) is 5.92 Å². The van der Waals surface area contributed by atoms with E-state index in [4.69, 9.17) is 0 Å². The van der Waals surface area contributed by atoms with E-state index in [1.165, 1.54) is 0 Å². The molecule has 0 fully saturated rings. The third kappa shape index (κ3) is 8.25. The molecule has 4 heteroatoms. The number of hydrogen-bond acceptors (Lipinski definition) is 3. The predicted octanol–water partition coefficient (Wildman–Crippen LogP) is 0.556. The number of likely N-dealkylation sites (N-methyl/N-ethyl adjacent to an activating group) is 1. The van der Waals surface area contributed by atoms with E-state index in [2.05, 4.69) is 6.92 Å². The van der Waals surface area contributed by atoms with E-state index in [0.717, 1.165) is 19.3 Å². The second-order valence-electron chi connectivity index (χ2n) is 5.66. The van der Waals surface area contributed by atoms with Crippen molar-refractivity contribution < 1.29 is 19.5 Å². The van der Waals surface area contributed by atoms with Gasteiger partial charge in [-0.05, 0) is 6.42 Å². The zero-order chi connectivity index (χ0) is 14.2. The summed E-state index contributed by atoms with van der Waals surface area (Å²) in [7, 11) is 3.84. The highest BCUT2D eigenvalue weighted by molar-refractivity contribution is 5.67. The van der Waals surface area contributed by atoms with Crippen LogP contribution in [0.2, 0.25) is 0 Å². The summed E-state index contributed by atoms with van der Waals surface area (Å²) in [5.74, 6) is -1.54. The Morgan fingerprint density at radius 1 is 1.39 bits per heavy atom. The fourth-order valence-electron chi connectivity index (χ4n) is 2.03. The molecule has 0 saturated carbocycles. The van der Waals surface area contributed by atoms with Crippen LogP contribution in [0.5, 0.6) is 0 Å². The number of carbonyl (C=O) groups excluding carboxylic acids is 1. The van der Waals surface area contributed by atoms with Crippen molar-refractivity contribution >= 4 is 5.97 Å². The van der Waals surface area contributed by atoms with E-state index in [0.29, 0.717) is 17.6 Å². The Hall–Kier alpha value is -0.870. The van der Waals surface area contributed by atoms with Gasteiger partial charge in [-0.2, -0.15) is 0 Å². The van der Waals surface area contributed by atoms with Crippen molar-refractivity contribution in [3.63, 3.8) is 0 Å². The van der Waals surface area contributed by atoms with Gasteiger partial charge >= 0.3 is 0 Å². The van der Waals surface area contributed by atoms with Gasteiger partial charge < -0.3 is 19.5 Å². The highest BCUT2D eigenvalue weighted by atomic mass is 16.4. The summed E-state index contributed by atoms with van der Waals surface area (Å²) in [6.45, 7) is 4.74. The Bertz CT molecular complexity index is 274. The molecule has 18 heavy (non-hydrogen) atoms. The number of unbranched alkanes of at least 4 members (excludes halogenated alkanes) is 2. The van der Waals surface area contributed by atoms with E-state index < -0.39 is 18.0 Å².